The fourth-order valence-electron chi connectivity index (χ4n) is 0.313. The number of carbonyl (C=O) groups excluding carboxylic acids is 1. The van der Waals surface area contributed by atoms with Crippen molar-refractivity contribution in [3.63, 3.8) is 0 Å². The molecule has 1 rings (SSSR count). The van der Waals surface area contributed by atoms with Gasteiger partial charge in [0.15, 0.2) is 0 Å². The van der Waals surface area contributed by atoms with Gasteiger partial charge >= 0.3 is 6.29 Å². The Morgan fingerprint density at radius 3 is 1.60 bits per heavy atom. The molecule has 1 aromatic rings. The maximum Gasteiger partial charge on any atom is 0.483 e. The first-order valence-electron chi connectivity index (χ1n) is 2.43. The van der Waals surface area contributed by atoms with Gasteiger partial charge in [-0.05, 0) is 12.1 Å². The van der Waals surface area contributed by atoms with Crippen LogP contribution < -0.4 is 0 Å². The van der Waals surface area contributed by atoms with Gasteiger partial charge in [0.05, 0.1) is 0 Å². The average Bonchev–Trinajstić information content (AvgIpc) is 1.90. The minimum atomic E-state index is -2.83. The van der Waals surface area contributed by atoms with Gasteiger partial charge in [0.25, 0.3) is 0 Å². The van der Waals surface area contributed by atoms with Crippen molar-refractivity contribution >= 4 is 6.29 Å². The lowest BCUT2D eigenvalue weighted by Gasteiger charge is -1.70. The largest absolute Gasteiger partial charge is 0.483 e. The molecule has 2 nitrogen and oxygen atoms in total. The number of hydrogen-bond acceptors (Lipinski definition) is 2. The Hall–Kier alpha value is -1.32. The van der Waals surface area contributed by atoms with E-state index in [2.05, 4.69) is 4.98 Å². The smallest absolute Gasteiger partial charge is 0.265 e. The standard InChI is InChI=1S/C5H5N.CF2O/c1-2-4-6-5-3-1;2-1(3)4/h1-5H;. The van der Waals surface area contributed by atoms with Crippen LogP contribution in [0.3, 0.4) is 0 Å². The molecule has 0 bridgehead atoms. The van der Waals surface area contributed by atoms with Crippen molar-refractivity contribution in [3.05, 3.63) is 30.6 Å². The van der Waals surface area contributed by atoms with Crippen molar-refractivity contribution in [2.24, 2.45) is 0 Å². The summed E-state index contributed by atoms with van der Waals surface area (Å²) in [6.07, 6.45) is 0.667. The molecule has 0 radical (unpaired) electrons. The van der Waals surface area contributed by atoms with Crippen LogP contribution >= 0.6 is 0 Å². The second-order valence-electron chi connectivity index (χ2n) is 1.25. The predicted molar refractivity (Wildman–Crippen MR) is 31.8 cm³/mol. The number of hydrogen-bond donors (Lipinski definition) is 0. The Bertz CT molecular complexity index is 148. The summed E-state index contributed by atoms with van der Waals surface area (Å²) < 4.78 is 19.4. The number of aromatic nitrogens is 1. The lowest BCUT2D eigenvalue weighted by molar-refractivity contribution is 0.199. The molecule has 0 N–H and O–H groups in total. The molecule has 0 unspecified atom stereocenters. The summed E-state index contributed by atoms with van der Waals surface area (Å²) in [5.74, 6) is 0. The van der Waals surface area contributed by atoms with E-state index in [0.29, 0.717) is 0 Å². The van der Waals surface area contributed by atoms with E-state index in [1.165, 1.54) is 0 Å². The van der Waals surface area contributed by atoms with E-state index in [1.54, 1.807) is 12.4 Å². The summed E-state index contributed by atoms with van der Waals surface area (Å²) in [5, 5.41) is 0. The Labute approximate surface area is 56.5 Å². The van der Waals surface area contributed by atoms with Crippen LogP contribution in [0, 0.1) is 0 Å². The van der Waals surface area contributed by atoms with Crippen molar-refractivity contribution in [2.45, 2.75) is 0 Å². The molecule has 0 fully saturated rings. The molecule has 1 aromatic heterocycles. The summed E-state index contributed by atoms with van der Waals surface area (Å²) in [4.78, 5) is 11.9. The number of carbonyl (C=O) groups is 1. The predicted octanol–water partition coefficient (Wildman–Crippen LogP) is 2.13. The van der Waals surface area contributed by atoms with E-state index in [0.717, 1.165) is 0 Å². The molecule has 0 aliphatic heterocycles. The molecule has 0 atom stereocenters. The minimum Gasteiger partial charge on any atom is -0.265 e. The fourth-order valence-corrected chi connectivity index (χ4v) is 0.313. The third kappa shape index (κ3) is 9.84. The zero-order chi connectivity index (χ0) is 7.82. The topological polar surface area (TPSA) is 30.0 Å². The molecule has 1 heterocycles. The molecule has 10 heavy (non-hydrogen) atoms. The van der Waals surface area contributed by atoms with Crippen molar-refractivity contribution in [1.82, 2.24) is 4.98 Å². The third-order valence-corrected chi connectivity index (χ3v) is 0.566. The van der Waals surface area contributed by atoms with Gasteiger partial charge in [-0.3, -0.25) is 4.98 Å². The van der Waals surface area contributed by atoms with Crippen LogP contribution in [0.2, 0.25) is 0 Å². The summed E-state index contributed by atoms with van der Waals surface area (Å²) in [7, 11) is 0. The molecule has 0 spiro atoms. The van der Waals surface area contributed by atoms with Crippen LogP contribution in [0.4, 0.5) is 13.6 Å². The van der Waals surface area contributed by atoms with E-state index >= 15 is 0 Å². The summed E-state index contributed by atoms with van der Waals surface area (Å²) in [5.41, 5.74) is 0. The first kappa shape index (κ1) is 8.68. The molecule has 54 valence electrons. The van der Waals surface area contributed by atoms with Gasteiger partial charge in [-0.2, -0.15) is 0 Å². The highest BCUT2D eigenvalue weighted by atomic mass is 19.3. The number of halogens is 2. The number of nitrogens with zero attached hydrogens (tertiary/aromatic N) is 1. The van der Waals surface area contributed by atoms with Gasteiger partial charge in [-0.25, -0.2) is 4.79 Å². The first-order valence-corrected chi connectivity index (χ1v) is 2.43. The minimum absolute atomic E-state index is 1.75. The average molecular weight is 145 g/mol. The van der Waals surface area contributed by atoms with Crippen LogP contribution in [0.5, 0.6) is 0 Å². The maximum atomic E-state index is 9.69. The molecule has 0 aliphatic rings. The second kappa shape index (κ2) is 5.81. The summed E-state index contributed by atoms with van der Waals surface area (Å²) in [6, 6.07) is 5.72. The quantitative estimate of drug-likeness (QED) is 0.523. The number of pyridine rings is 1. The van der Waals surface area contributed by atoms with Crippen molar-refractivity contribution < 1.29 is 13.6 Å². The highest BCUT2D eigenvalue weighted by molar-refractivity contribution is 5.55. The Morgan fingerprint density at radius 2 is 1.50 bits per heavy atom. The fraction of sp³-hybridized carbons (Fsp3) is 0. The van der Waals surface area contributed by atoms with E-state index in [9.17, 15) is 8.78 Å². The zero-order valence-electron chi connectivity index (χ0n) is 5.00. The van der Waals surface area contributed by atoms with Crippen LogP contribution in [-0.4, -0.2) is 11.3 Å². The summed E-state index contributed by atoms with van der Waals surface area (Å²) >= 11 is 0. The van der Waals surface area contributed by atoms with Gasteiger partial charge in [0, 0.05) is 12.4 Å². The van der Waals surface area contributed by atoms with Gasteiger partial charge in [-0.15, -0.1) is 8.78 Å². The Morgan fingerprint density at radius 1 is 1.10 bits per heavy atom. The van der Waals surface area contributed by atoms with Gasteiger partial charge < -0.3 is 0 Å². The Kier molecular flexibility index (Phi) is 5.04. The third-order valence-electron chi connectivity index (χ3n) is 0.566. The summed E-state index contributed by atoms with van der Waals surface area (Å²) in [6.45, 7) is 0. The molecule has 4 heteroatoms. The molecule has 0 aromatic carbocycles. The van der Waals surface area contributed by atoms with E-state index < -0.39 is 6.29 Å². The number of rotatable bonds is 0. The van der Waals surface area contributed by atoms with Crippen LogP contribution in [0.1, 0.15) is 0 Å². The maximum absolute atomic E-state index is 9.69. The highest BCUT2D eigenvalue weighted by Crippen LogP contribution is 1.73. The van der Waals surface area contributed by atoms with Gasteiger partial charge in [0.1, 0.15) is 0 Å². The highest BCUT2D eigenvalue weighted by Gasteiger charge is 1.78. The van der Waals surface area contributed by atoms with Crippen molar-refractivity contribution in [2.75, 3.05) is 0 Å². The molecular formula is C6H5F2NO. The molecule has 0 aliphatic carbocycles. The van der Waals surface area contributed by atoms with Gasteiger partial charge in [-0.1, -0.05) is 6.07 Å². The van der Waals surface area contributed by atoms with Crippen molar-refractivity contribution in [3.8, 4) is 0 Å². The first-order chi connectivity index (χ1) is 4.73. The van der Waals surface area contributed by atoms with Crippen molar-refractivity contribution in [1.29, 1.82) is 0 Å². The van der Waals surface area contributed by atoms with E-state index in [4.69, 9.17) is 4.79 Å². The van der Waals surface area contributed by atoms with Gasteiger partial charge in [0.2, 0.25) is 0 Å². The van der Waals surface area contributed by atoms with E-state index in [-0.39, 0.29) is 0 Å². The zero-order valence-corrected chi connectivity index (χ0v) is 5.00. The molecule has 0 amide bonds. The normalized spacial score (nSPS) is 7.40. The molecule has 0 saturated heterocycles. The lowest BCUT2D eigenvalue weighted by atomic mass is 10.5. The Balaban J connectivity index is 0.000000180. The molecule has 0 saturated carbocycles. The lowest BCUT2D eigenvalue weighted by Crippen LogP contribution is -1.58. The van der Waals surface area contributed by atoms with Crippen LogP contribution in [0.25, 0.3) is 0 Å². The second-order valence-corrected chi connectivity index (χ2v) is 1.25. The monoisotopic (exact) mass is 145 g/mol. The van der Waals surface area contributed by atoms with Crippen LogP contribution in [0.15, 0.2) is 30.6 Å². The SMILES string of the molecule is O=C(F)F.c1ccncc1. The van der Waals surface area contributed by atoms with Crippen LogP contribution in [-0.2, 0) is 0 Å². The molecular weight excluding hydrogens is 140 g/mol. The van der Waals surface area contributed by atoms with E-state index in [1.807, 2.05) is 18.2 Å².